The van der Waals surface area contributed by atoms with Crippen molar-refractivity contribution in [3.63, 3.8) is 0 Å². The average Bonchev–Trinajstić information content (AvgIpc) is 2.77. The van der Waals surface area contributed by atoms with Crippen molar-refractivity contribution < 1.29 is 9.59 Å². The minimum atomic E-state index is -0.133. The van der Waals surface area contributed by atoms with Gasteiger partial charge in [0, 0.05) is 24.7 Å². The van der Waals surface area contributed by atoms with E-state index in [-0.39, 0.29) is 24.0 Å². The molecule has 5 nitrogen and oxygen atoms in total. The molecule has 2 fully saturated rings. The second-order valence-electron chi connectivity index (χ2n) is 7.48. The number of nitrogens with one attached hydrogen (secondary N) is 2. The van der Waals surface area contributed by atoms with Gasteiger partial charge in [-0.3, -0.25) is 4.79 Å². The molecule has 2 N–H and O–H groups in total. The lowest BCUT2D eigenvalue weighted by atomic mass is 10.1. The van der Waals surface area contributed by atoms with Crippen LogP contribution in [0.25, 0.3) is 0 Å². The summed E-state index contributed by atoms with van der Waals surface area (Å²) in [6.45, 7) is 4.65. The molecular weight excluding hydrogens is 314 g/mol. The molecule has 1 aliphatic heterocycles. The number of hydrogen-bond donors (Lipinski definition) is 2. The SMILES string of the molecule is Cc1ccc(N2CC(NC(=O)NC3CCCCCC3)CC2=O)cc1C. The molecule has 1 heterocycles. The highest BCUT2D eigenvalue weighted by Gasteiger charge is 2.32. The molecule has 3 amide bonds. The summed E-state index contributed by atoms with van der Waals surface area (Å²) in [6.07, 6.45) is 7.40. The molecule has 25 heavy (non-hydrogen) atoms. The zero-order valence-electron chi connectivity index (χ0n) is 15.3. The second kappa shape index (κ2) is 7.89. The summed E-state index contributed by atoms with van der Waals surface area (Å²) in [4.78, 5) is 26.4. The topological polar surface area (TPSA) is 61.4 Å². The summed E-state index contributed by atoms with van der Waals surface area (Å²) in [7, 11) is 0. The molecule has 1 saturated carbocycles. The van der Waals surface area contributed by atoms with Crippen LogP contribution in [0.15, 0.2) is 18.2 Å². The third-order valence-electron chi connectivity index (χ3n) is 5.45. The van der Waals surface area contributed by atoms with Gasteiger partial charge in [0.15, 0.2) is 0 Å². The molecule has 0 aromatic heterocycles. The summed E-state index contributed by atoms with van der Waals surface area (Å²) in [6, 6.07) is 6.08. The Labute approximate surface area is 150 Å². The van der Waals surface area contributed by atoms with E-state index in [4.69, 9.17) is 0 Å². The number of aryl methyl sites for hydroxylation is 2. The number of hydrogen-bond acceptors (Lipinski definition) is 2. The highest BCUT2D eigenvalue weighted by atomic mass is 16.2. The maximum absolute atomic E-state index is 12.4. The molecule has 136 valence electrons. The molecule has 2 aliphatic rings. The lowest BCUT2D eigenvalue weighted by molar-refractivity contribution is -0.117. The van der Waals surface area contributed by atoms with E-state index >= 15 is 0 Å². The molecule has 1 unspecified atom stereocenters. The first-order valence-electron chi connectivity index (χ1n) is 9.47. The van der Waals surface area contributed by atoms with Crippen molar-refractivity contribution in [2.24, 2.45) is 0 Å². The van der Waals surface area contributed by atoms with E-state index in [0.717, 1.165) is 18.5 Å². The van der Waals surface area contributed by atoms with Crippen LogP contribution in [0.2, 0.25) is 0 Å². The minimum Gasteiger partial charge on any atom is -0.335 e. The average molecular weight is 343 g/mol. The maximum Gasteiger partial charge on any atom is 0.315 e. The fourth-order valence-electron chi connectivity index (χ4n) is 3.78. The van der Waals surface area contributed by atoms with Crippen LogP contribution in [-0.4, -0.2) is 30.6 Å². The van der Waals surface area contributed by atoms with Crippen LogP contribution in [0, 0.1) is 13.8 Å². The van der Waals surface area contributed by atoms with Gasteiger partial charge in [0.25, 0.3) is 0 Å². The first-order valence-corrected chi connectivity index (χ1v) is 9.47. The molecule has 3 rings (SSSR count). The van der Waals surface area contributed by atoms with Crippen LogP contribution in [0.3, 0.4) is 0 Å². The van der Waals surface area contributed by atoms with E-state index < -0.39 is 0 Å². The van der Waals surface area contributed by atoms with Gasteiger partial charge in [0.2, 0.25) is 5.91 Å². The van der Waals surface area contributed by atoms with Crippen molar-refractivity contribution in [2.45, 2.75) is 70.9 Å². The Kier molecular flexibility index (Phi) is 5.61. The van der Waals surface area contributed by atoms with Crippen molar-refractivity contribution in [2.75, 3.05) is 11.4 Å². The van der Waals surface area contributed by atoms with E-state index in [2.05, 4.69) is 24.5 Å². The van der Waals surface area contributed by atoms with Gasteiger partial charge >= 0.3 is 6.03 Å². The molecule has 1 aromatic carbocycles. The van der Waals surface area contributed by atoms with Crippen molar-refractivity contribution in [3.05, 3.63) is 29.3 Å². The molecule has 0 spiro atoms. The van der Waals surface area contributed by atoms with Crippen molar-refractivity contribution in [1.29, 1.82) is 0 Å². The Hall–Kier alpha value is -2.04. The maximum atomic E-state index is 12.4. The molecule has 1 saturated heterocycles. The fourth-order valence-corrected chi connectivity index (χ4v) is 3.78. The van der Waals surface area contributed by atoms with Crippen molar-refractivity contribution >= 4 is 17.6 Å². The number of urea groups is 1. The van der Waals surface area contributed by atoms with Gasteiger partial charge in [-0.1, -0.05) is 31.7 Å². The fraction of sp³-hybridized carbons (Fsp3) is 0.600. The predicted octanol–water partition coefficient (Wildman–Crippen LogP) is 3.43. The van der Waals surface area contributed by atoms with E-state index in [1.54, 1.807) is 4.90 Å². The molecule has 1 atom stereocenters. The van der Waals surface area contributed by atoms with Crippen LogP contribution in [0.5, 0.6) is 0 Å². The van der Waals surface area contributed by atoms with Gasteiger partial charge in [-0.15, -0.1) is 0 Å². The predicted molar refractivity (Wildman–Crippen MR) is 99.8 cm³/mol. The van der Waals surface area contributed by atoms with Crippen LogP contribution < -0.4 is 15.5 Å². The summed E-state index contributed by atoms with van der Waals surface area (Å²) < 4.78 is 0. The second-order valence-corrected chi connectivity index (χ2v) is 7.48. The van der Waals surface area contributed by atoms with Gasteiger partial charge in [0.1, 0.15) is 0 Å². The number of rotatable bonds is 3. The Balaban J connectivity index is 1.54. The highest BCUT2D eigenvalue weighted by Crippen LogP contribution is 2.24. The Morgan fingerprint density at radius 2 is 1.68 bits per heavy atom. The third-order valence-corrected chi connectivity index (χ3v) is 5.45. The first-order chi connectivity index (χ1) is 12.0. The standard InChI is InChI=1S/C20H29N3O2/c1-14-9-10-18(11-15(14)2)23-13-17(12-19(23)24)22-20(25)21-16-7-5-3-4-6-8-16/h9-11,16-17H,3-8,12-13H2,1-2H3,(H2,21,22,25). The number of benzene rings is 1. The first kappa shape index (κ1) is 17.8. The monoisotopic (exact) mass is 343 g/mol. The largest absolute Gasteiger partial charge is 0.335 e. The molecule has 5 heteroatoms. The molecule has 1 aromatic rings. The van der Waals surface area contributed by atoms with Gasteiger partial charge in [-0.25, -0.2) is 4.79 Å². The summed E-state index contributed by atoms with van der Waals surface area (Å²) in [5.41, 5.74) is 3.31. The summed E-state index contributed by atoms with van der Waals surface area (Å²) in [5.74, 6) is 0.0722. The Morgan fingerprint density at radius 1 is 1.00 bits per heavy atom. The zero-order chi connectivity index (χ0) is 17.8. The summed E-state index contributed by atoms with van der Waals surface area (Å²) >= 11 is 0. The minimum absolute atomic E-state index is 0.0722. The van der Waals surface area contributed by atoms with E-state index in [0.29, 0.717) is 13.0 Å². The molecule has 0 bridgehead atoms. The van der Waals surface area contributed by atoms with E-state index in [1.807, 2.05) is 18.2 Å². The zero-order valence-corrected chi connectivity index (χ0v) is 15.3. The van der Waals surface area contributed by atoms with Crippen LogP contribution in [0.4, 0.5) is 10.5 Å². The molecule has 1 aliphatic carbocycles. The Bertz CT molecular complexity index is 636. The lowest BCUT2D eigenvalue weighted by Crippen LogP contribution is -2.47. The van der Waals surface area contributed by atoms with Gasteiger partial charge in [0.05, 0.1) is 6.04 Å². The number of carbonyl (C=O) groups is 2. The van der Waals surface area contributed by atoms with Crippen LogP contribution in [0.1, 0.15) is 56.1 Å². The third kappa shape index (κ3) is 4.53. The lowest BCUT2D eigenvalue weighted by Gasteiger charge is -2.20. The molecular formula is C20H29N3O2. The summed E-state index contributed by atoms with van der Waals surface area (Å²) in [5, 5.41) is 6.08. The molecule has 0 radical (unpaired) electrons. The van der Waals surface area contributed by atoms with Crippen LogP contribution in [-0.2, 0) is 4.79 Å². The van der Waals surface area contributed by atoms with E-state index in [9.17, 15) is 9.59 Å². The van der Waals surface area contributed by atoms with Gasteiger partial charge in [-0.05, 0) is 49.9 Å². The normalized spacial score (nSPS) is 21.9. The van der Waals surface area contributed by atoms with E-state index in [1.165, 1.54) is 36.8 Å². The number of nitrogens with zero attached hydrogens (tertiary/aromatic N) is 1. The Morgan fingerprint density at radius 3 is 2.36 bits per heavy atom. The van der Waals surface area contributed by atoms with Crippen LogP contribution >= 0.6 is 0 Å². The number of anilines is 1. The highest BCUT2D eigenvalue weighted by molar-refractivity contribution is 5.96. The van der Waals surface area contributed by atoms with Gasteiger partial charge < -0.3 is 15.5 Å². The number of amides is 3. The number of carbonyl (C=O) groups excluding carboxylic acids is 2. The quantitative estimate of drug-likeness (QED) is 0.826. The van der Waals surface area contributed by atoms with Crippen molar-refractivity contribution in [1.82, 2.24) is 10.6 Å². The van der Waals surface area contributed by atoms with Gasteiger partial charge in [-0.2, -0.15) is 0 Å². The smallest absolute Gasteiger partial charge is 0.315 e. The van der Waals surface area contributed by atoms with Crippen molar-refractivity contribution in [3.8, 4) is 0 Å².